The summed E-state index contributed by atoms with van der Waals surface area (Å²) in [6.07, 6.45) is 65.0. The van der Waals surface area contributed by atoms with Crippen molar-refractivity contribution in [3.05, 3.63) is 12.2 Å². The number of rotatable bonds is 55. The number of carbonyl (C=O) groups is 2. The molecule has 0 radical (unpaired) electrons. The molecule has 0 aliphatic carbocycles. The van der Waals surface area contributed by atoms with Gasteiger partial charge in [-0.25, -0.2) is 0 Å². The highest BCUT2D eigenvalue weighted by Gasteiger charge is 2.20. The Morgan fingerprint density at radius 2 is 0.723 bits per heavy atom. The number of esters is 1. The minimum absolute atomic E-state index is 0.0322. The molecule has 0 saturated carbocycles. The predicted molar refractivity (Wildman–Crippen MR) is 283 cm³/mol. The Bertz CT molecular complexity index is 970. The van der Waals surface area contributed by atoms with E-state index in [1.54, 1.807) is 0 Å². The van der Waals surface area contributed by atoms with E-state index < -0.39 is 12.1 Å². The van der Waals surface area contributed by atoms with Crippen LogP contribution in [0.25, 0.3) is 0 Å². The second-order valence-corrected chi connectivity index (χ2v) is 20.3. The second kappa shape index (κ2) is 55.2. The van der Waals surface area contributed by atoms with Crippen molar-refractivity contribution in [1.29, 1.82) is 0 Å². The molecule has 0 fully saturated rings. The largest absolute Gasteiger partial charge is 0.466 e. The Labute approximate surface area is 406 Å². The Kier molecular flexibility index (Phi) is 54.0. The van der Waals surface area contributed by atoms with Crippen LogP contribution in [-0.4, -0.2) is 47.4 Å². The predicted octanol–water partition coefficient (Wildman–Crippen LogP) is 18.1. The fraction of sp³-hybridized carbons (Fsp3) is 0.932. The van der Waals surface area contributed by atoms with Gasteiger partial charge in [-0.15, -0.1) is 0 Å². The van der Waals surface area contributed by atoms with Crippen molar-refractivity contribution in [2.24, 2.45) is 0 Å². The molecule has 65 heavy (non-hydrogen) atoms. The lowest BCUT2D eigenvalue weighted by Crippen LogP contribution is -2.45. The number of carbonyl (C=O) groups excluding carboxylic acids is 2. The van der Waals surface area contributed by atoms with Crippen LogP contribution >= 0.6 is 0 Å². The van der Waals surface area contributed by atoms with Gasteiger partial charge in [-0.1, -0.05) is 276 Å². The molecule has 0 spiro atoms. The van der Waals surface area contributed by atoms with Gasteiger partial charge < -0.3 is 20.3 Å². The van der Waals surface area contributed by atoms with E-state index in [1.807, 2.05) is 0 Å². The van der Waals surface area contributed by atoms with Crippen LogP contribution in [0.15, 0.2) is 12.2 Å². The summed E-state index contributed by atoms with van der Waals surface area (Å²) >= 11 is 0. The van der Waals surface area contributed by atoms with Crippen LogP contribution in [0.1, 0.15) is 328 Å². The van der Waals surface area contributed by atoms with E-state index in [1.165, 1.54) is 218 Å². The van der Waals surface area contributed by atoms with Crippen molar-refractivity contribution in [3.8, 4) is 0 Å². The molecular formula is C59H115NO5. The van der Waals surface area contributed by atoms with Crippen LogP contribution in [0.5, 0.6) is 0 Å². The summed E-state index contributed by atoms with van der Waals surface area (Å²) in [4.78, 5) is 24.5. The van der Waals surface area contributed by atoms with Gasteiger partial charge in [0.2, 0.25) is 5.91 Å². The first-order valence-corrected chi connectivity index (χ1v) is 29.4. The SMILES string of the molecule is CCCCCCCCCCCCCCCCCCCCCCCCCC(O)C(CO)NC(=O)CCCCCC/C=C\CCCCOC(=O)CCCCCCCCCCCCCCCCC. The standard InChI is InChI=1S/C59H115NO5/c1-3-5-7-9-11-13-15-17-19-20-21-22-23-24-25-26-28-29-31-35-39-43-47-51-57(62)56(55-61)60-58(63)52-48-44-40-36-33-34-38-42-46-50-54-65-59(64)53-49-45-41-37-32-30-27-18-16-14-12-10-8-6-4-2/h34,38,56-57,61-62H,3-33,35-37,39-55H2,1-2H3,(H,60,63)/b38-34-. The smallest absolute Gasteiger partial charge is 0.305 e. The lowest BCUT2D eigenvalue weighted by atomic mass is 10.0. The number of hydrogen-bond acceptors (Lipinski definition) is 5. The molecule has 0 rings (SSSR count). The molecule has 0 saturated heterocycles. The number of allylic oxidation sites excluding steroid dienone is 2. The Balaban J connectivity index is 3.49. The van der Waals surface area contributed by atoms with E-state index in [9.17, 15) is 19.8 Å². The van der Waals surface area contributed by atoms with Crippen molar-refractivity contribution in [2.45, 2.75) is 341 Å². The molecule has 2 unspecified atom stereocenters. The van der Waals surface area contributed by atoms with Gasteiger partial charge in [0.1, 0.15) is 0 Å². The molecule has 6 nitrogen and oxygen atoms in total. The van der Waals surface area contributed by atoms with E-state index in [4.69, 9.17) is 4.74 Å². The molecule has 0 heterocycles. The highest BCUT2D eigenvalue weighted by Crippen LogP contribution is 2.18. The third-order valence-electron chi connectivity index (χ3n) is 13.8. The first-order chi connectivity index (χ1) is 32.0. The van der Waals surface area contributed by atoms with Gasteiger partial charge in [0.05, 0.1) is 25.4 Å². The highest BCUT2D eigenvalue weighted by atomic mass is 16.5. The molecule has 0 aromatic rings. The van der Waals surface area contributed by atoms with E-state index in [0.29, 0.717) is 25.9 Å². The summed E-state index contributed by atoms with van der Waals surface area (Å²) in [7, 11) is 0. The van der Waals surface area contributed by atoms with Crippen molar-refractivity contribution in [3.63, 3.8) is 0 Å². The van der Waals surface area contributed by atoms with Crippen molar-refractivity contribution < 1.29 is 24.5 Å². The number of ether oxygens (including phenoxy) is 1. The van der Waals surface area contributed by atoms with Crippen LogP contribution in [0.2, 0.25) is 0 Å². The van der Waals surface area contributed by atoms with Crippen LogP contribution in [0.4, 0.5) is 0 Å². The normalized spacial score (nSPS) is 12.6. The molecule has 2 atom stereocenters. The van der Waals surface area contributed by atoms with E-state index >= 15 is 0 Å². The third kappa shape index (κ3) is 51.8. The molecule has 386 valence electrons. The summed E-state index contributed by atoms with van der Waals surface area (Å²) in [6, 6.07) is -0.567. The number of aliphatic hydroxyl groups is 2. The summed E-state index contributed by atoms with van der Waals surface area (Å²) < 4.78 is 5.45. The van der Waals surface area contributed by atoms with Gasteiger partial charge in [-0.05, 0) is 51.4 Å². The Hall–Kier alpha value is -1.40. The fourth-order valence-corrected chi connectivity index (χ4v) is 9.28. The summed E-state index contributed by atoms with van der Waals surface area (Å²) in [5, 5.41) is 23.3. The zero-order valence-corrected chi connectivity index (χ0v) is 44.0. The third-order valence-corrected chi connectivity index (χ3v) is 13.8. The summed E-state index contributed by atoms with van der Waals surface area (Å²) in [5.41, 5.74) is 0. The summed E-state index contributed by atoms with van der Waals surface area (Å²) in [5.74, 6) is -0.0989. The number of hydrogen-bond donors (Lipinski definition) is 3. The fourth-order valence-electron chi connectivity index (χ4n) is 9.28. The maximum atomic E-state index is 12.5. The topological polar surface area (TPSA) is 95.9 Å². The molecule has 0 bridgehead atoms. The molecule has 0 aliphatic heterocycles. The number of amides is 1. The van der Waals surface area contributed by atoms with Crippen LogP contribution in [0.3, 0.4) is 0 Å². The molecule has 1 amide bonds. The van der Waals surface area contributed by atoms with Crippen molar-refractivity contribution in [1.82, 2.24) is 5.32 Å². The summed E-state index contributed by atoms with van der Waals surface area (Å²) in [6.45, 7) is 4.89. The Morgan fingerprint density at radius 3 is 1.09 bits per heavy atom. The lowest BCUT2D eigenvalue weighted by molar-refractivity contribution is -0.143. The quantitative estimate of drug-likeness (QED) is 0.0321. The Morgan fingerprint density at radius 1 is 0.415 bits per heavy atom. The van der Waals surface area contributed by atoms with Gasteiger partial charge in [-0.3, -0.25) is 9.59 Å². The van der Waals surface area contributed by atoms with Crippen LogP contribution < -0.4 is 5.32 Å². The van der Waals surface area contributed by atoms with Gasteiger partial charge in [0.15, 0.2) is 0 Å². The van der Waals surface area contributed by atoms with Gasteiger partial charge >= 0.3 is 5.97 Å². The molecular weight excluding hydrogens is 803 g/mol. The molecule has 0 aliphatic rings. The van der Waals surface area contributed by atoms with E-state index in [2.05, 4.69) is 31.3 Å². The average Bonchev–Trinajstić information content (AvgIpc) is 3.31. The monoisotopic (exact) mass is 918 g/mol. The van der Waals surface area contributed by atoms with Gasteiger partial charge in [0.25, 0.3) is 0 Å². The number of unbranched alkanes of at least 4 members (excludes halogenated alkanes) is 42. The number of nitrogens with one attached hydrogen (secondary N) is 1. The molecule has 0 aromatic carbocycles. The average molecular weight is 919 g/mol. The lowest BCUT2D eigenvalue weighted by Gasteiger charge is -2.22. The maximum Gasteiger partial charge on any atom is 0.305 e. The minimum atomic E-state index is -0.686. The van der Waals surface area contributed by atoms with Crippen molar-refractivity contribution in [2.75, 3.05) is 13.2 Å². The first kappa shape index (κ1) is 63.6. The molecule has 3 N–H and O–H groups in total. The van der Waals surface area contributed by atoms with E-state index in [-0.39, 0.29) is 18.5 Å². The second-order valence-electron chi connectivity index (χ2n) is 20.3. The van der Waals surface area contributed by atoms with Gasteiger partial charge in [0, 0.05) is 12.8 Å². The highest BCUT2D eigenvalue weighted by molar-refractivity contribution is 5.76. The van der Waals surface area contributed by atoms with Crippen LogP contribution in [-0.2, 0) is 14.3 Å². The maximum absolute atomic E-state index is 12.5. The van der Waals surface area contributed by atoms with Crippen molar-refractivity contribution >= 4 is 11.9 Å². The molecule has 6 heteroatoms. The minimum Gasteiger partial charge on any atom is -0.466 e. The zero-order chi connectivity index (χ0) is 47.2. The zero-order valence-electron chi connectivity index (χ0n) is 44.0. The van der Waals surface area contributed by atoms with Crippen LogP contribution in [0, 0.1) is 0 Å². The van der Waals surface area contributed by atoms with Gasteiger partial charge in [-0.2, -0.15) is 0 Å². The number of aliphatic hydroxyl groups excluding tert-OH is 2. The molecule has 0 aromatic heterocycles. The van der Waals surface area contributed by atoms with E-state index in [0.717, 1.165) is 77.0 Å². The first-order valence-electron chi connectivity index (χ1n) is 29.4.